The molecule has 2 aliphatic rings. The molecule has 0 bridgehead atoms. The summed E-state index contributed by atoms with van der Waals surface area (Å²) in [5.41, 5.74) is 1.62. The Morgan fingerprint density at radius 1 is 1.04 bits per heavy atom. The first-order valence-corrected chi connectivity index (χ1v) is 11.4. The average Bonchev–Trinajstić information content (AvgIpc) is 2.82. The third kappa shape index (κ3) is 5.29. The monoisotopic (exact) mass is 392 g/mol. The summed E-state index contributed by atoms with van der Waals surface area (Å²) in [6.45, 7) is 13.8. The molecule has 2 aliphatic carbocycles. The van der Waals surface area contributed by atoms with Gasteiger partial charge < -0.3 is 15.3 Å². The highest BCUT2D eigenvalue weighted by atomic mass is 16.3. The first kappa shape index (κ1) is 23.6. The fourth-order valence-electron chi connectivity index (χ4n) is 5.48. The fraction of sp³-hybridized carbons (Fsp3) is 0.840. The lowest BCUT2D eigenvalue weighted by molar-refractivity contribution is 0.0277. The molecule has 3 nitrogen and oxygen atoms in total. The molecule has 0 radical (unpaired) electrons. The minimum Gasteiger partial charge on any atom is -0.393 e. The van der Waals surface area contributed by atoms with Crippen LogP contribution in [0.5, 0.6) is 0 Å². The quantitative estimate of drug-likeness (QED) is 0.554. The summed E-state index contributed by atoms with van der Waals surface area (Å²) in [6.07, 6.45) is 11.9. The maximum Gasteiger partial charge on any atom is 0.0602 e. The molecule has 0 aliphatic heterocycles. The Kier molecular flexibility index (Phi) is 7.98. The van der Waals surface area contributed by atoms with Crippen molar-refractivity contribution < 1.29 is 15.3 Å². The van der Waals surface area contributed by atoms with Gasteiger partial charge in [-0.2, -0.15) is 0 Å². The molecule has 2 saturated carbocycles. The van der Waals surface area contributed by atoms with E-state index in [1.54, 1.807) is 0 Å². The number of hydrogen-bond donors (Lipinski definition) is 3. The Labute approximate surface area is 172 Å². The predicted octanol–water partition coefficient (Wildman–Crippen LogP) is 5.25. The molecule has 2 fully saturated rings. The van der Waals surface area contributed by atoms with Crippen molar-refractivity contribution in [1.29, 1.82) is 0 Å². The highest BCUT2D eigenvalue weighted by molar-refractivity contribution is 5.19. The number of rotatable bonds is 7. The lowest BCUT2D eigenvalue weighted by Gasteiger charge is -2.46. The highest BCUT2D eigenvalue weighted by Crippen LogP contribution is 2.60. The summed E-state index contributed by atoms with van der Waals surface area (Å²) < 4.78 is 0. The summed E-state index contributed by atoms with van der Waals surface area (Å²) in [6, 6.07) is 0. The van der Waals surface area contributed by atoms with E-state index in [9.17, 15) is 15.3 Å². The van der Waals surface area contributed by atoms with E-state index in [0.29, 0.717) is 37.0 Å². The Morgan fingerprint density at radius 3 is 2.21 bits per heavy atom. The van der Waals surface area contributed by atoms with Crippen LogP contribution >= 0.6 is 0 Å². The van der Waals surface area contributed by atoms with Gasteiger partial charge in [-0.1, -0.05) is 65.3 Å². The number of aliphatic hydroxyl groups is 3. The van der Waals surface area contributed by atoms with Crippen molar-refractivity contribution in [3.05, 3.63) is 23.8 Å². The van der Waals surface area contributed by atoms with Crippen LogP contribution in [-0.4, -0.2) is 33.6 Å². The molecule has 0 saturated heterocycles. The highest BCUT2D eigenvalue weighted by Gasteiger charge is 2.52. The number of allylic oxidation sites excluding steroid dienone is 3. The molecule has 0 heterocycles. The van der Waals surface area contributed by atoms with Gasteiger partial charge in [-0.25, -0.2) is 0 Å². The lowest BCUT2D eigenvalue weighted by Crippen LogP contribution is -2.39. The van der Waals surface area contributed by atoms with Crippen molar-refractivity contribution in [3.63, 3.8) is 0 Å². The summed E-state index contributed by atoms with van der Waals surface area (Å²) in [5.74, 6) is 1.44. The maximum absolute atomic E-state index is 10.2. The average molecular weight is 393 g/mol. The van der Waals surface area contributed by atoms with Crippen LogP contribution in [0.1, 0.15) is 86.5 Å². The molecule has 28 heavy (non-hydrogen) atoms. The van der Waals surface area contributed by atoms with Crippen LogP contribution < -0.4 is 0 Å². The van der Waals surface area contributed by atoms with Gasteiger partial charge in [-0.3, -0.25) is 0 Å². The molecule has 0 aromatic rings. The molecule has 162 valence electrons. The van der Waals surface area contributed by atoms with Gasteiger partial charge in [0.15, 0.2) is 0 Å². The second-order valence-electron chi connectivity index (χ2n) is 10.7. The minimum atomic E-state index is -0.406. The van der Waals surface area contributed by atoms with Crippen molar-refractivity contribution in [2.75, 3.05) is 0 Å². The minimum absolute atomic E-state index is 0.195. The van der Waals surface area contributed by atoms with Crippen LogP contribution in [0.3, 0.4) is 0 Å². The van der Waals surface area contributed by atoms with Gasteiger partial charge in [-0.15, -0.1) is 0 Å². The Hall–Kier alpha value is -0.640. The molecular formula is C25H44O3. The smallest absolute Gasteiger partial charge is 0.0602 e. The molecule has 0 aromatic carbocycles. The second-order valence-corrected chi connectivity index (χ2v) is 10.7. The van der Waals surface area contributed by atoms with E-state index in [1.165, 1.54) is 12.8 Å². The molecule has 2 rings (SSSR count). The van der Waals surface area contributed by atoms with Crippen molar-refractivity contribution in [1.82, 2.24) is 0 Å². The largest absolute Gasteiger partial charge is 0.393 e. The van der Waals surface area contributed by atoms with Gasteiger partial charge >= 0.3 is 0 Å². The van der Waals surface area contributed by atoms with E-state index in [0.717, 1.165) is 18.4 Å². The van der Waals surface area contributed by atoms with Crippen molar-refractivity contribution in [2.24, 2.45) is 28.6 Å². The Bertz CT molecular complexity index is 550. The van der Waals surface area contributed by atoms with Crippen molar-refractivity contribution in [2.45, 2.75) is 105 Å². The first-order chi connectivity index (χ1) is 13.0. The van der Waals surface area contributed by atoms with E-state index >= 15 is 0 Å². The van der Waals surface area contributed by atoms with Crippen LogP contribution in [0.2, 0.25) is 0 Å². The molecule has 3 N–H and O–H groups in total. The van der Waals surface area contributed by atoms with Gasteiger partial charge in [0.2, 0.25) is 0 Å². The predicted molar refractivity (Wildman–Crippen MR) is 117 cm³/mol. The SMILES string of the molecule is CC(C)[C@@H](O)CC[C@H](C)[C@]1(C)CCC(/C=C/C=C2C[C@@H](O)C[C@H](O)C2)C1(C)C. The third-order valence-corrected chi connectivity index (χ3v) is 8.34. The van der Waals surface area contributed by atoms with Crippen LogP contribution in [0.25, 0.3) is 0 Å². The van der Waals surface area contributed by atoms with Gasteiger partial charge in [0.25, 0.3) is 0 Å². The molecule has 0 aromatic heterocycles. The fourth-order valence-corrected chi connectivity index (χ4v) is 5.48. The van der Waals surface area contributed by atoms with E-state index < -0.39 is 12.2 Å². The Morgan fingerprint density at radius 2 is 1.64 bits per heavy atom. The van der Waals surface area contributed by atoms with Crippen molar-refractivity contribution >= 4 is 0 Å². The first-order valence-electron chi connectivity index (χ1n) is 11.4. The van der Waals surface area contributed by atoms with Crippen LogP contribution in [0, 0.1) is 28.6 Å². The lowest BCUT2D eigenvalue weighted by atomic mass is 9.59. The topological polar surface area (TPSA) is 60.7 Å². The summed E-state index contributed by atoms with van der Waals surface area (Å²) in [7, 11) is 0. The van der Waals surface area contributed by atoms with E-state index in [4.69, 9.17) is 0 Å². The van der Waals surface area contributed by atoms with Gasteiger partial charge in [0.05, 0.1) is 18.3 Å². The molecule has 6 atom stereocenters. The summed E-state index contributed by atoms with van der Waals surface area (Å²) >= 11 is 0. The van der Waals surface area contributed by atoms with Gasteiger partial charge in [-0.05, 0) is 73.5 Å². The normalized spacial score (nSPS) is 35.5. The maximum atomic E-state index is 10.2. The number of aliphatic hydroxyl groups excluding tert-OH is 3. The third-order valence-electron chi connectivity index (χ3n) is 8.34. The van der Waals surface area contributed by atoms with Crippen molar-refractivity contribution in [3.8, 4) is 0 Å². The van der Waals surface area contributed by atoms with Crippen LogP contribution in [-0.2, 0) is 0 Å². The molecule has 0 spiro atoms. The van der Waals surface area contributed by atoms with Crippen LogP contribution in [0.4, 0.5) is 0 Å². The van der Waals surface area contributed by atoms with Crippen LogP contribution in [0.15, 0.2) is 23.8 Å². The zero-order valence-corrected chi connectivity index (χ0v) is 19.0. The molecule has 1 unspecified atom stereocenters. The van der Waals surface area contributed by atoms with E-state index in [2.05, 4.69) is 59.8 Å². The van der Waals surface area contributed by atoms with Gasteiger partial charge in [0.1, 0.15) is 0 Å². The zero-order chi connectivity index (χ0) is 21.1. The summed E-state index contributed by atoms with van der Waals surface area (Å²) in [5, 5.41) is 29.9. The summed E-state index contributed by atoms with van der Waals surface area (Å²) in [4.78, 5) is 0. The Balaban J connectivity index is 2.01. The molecular weight excluding hydrogens is 348 g/mol. The van der Waals surface area contributed by atoms with Gasteiger partial charge in [0, 0.05) is 0 Å². The standard InChI is InChI=1S/C25H44O3/c1-17(2)23(28)11-10-18(3)25(6)13-12-20(24(25,4)5)9-7-8-19-14-21(26)16-22(27)15-19/h7-9,17-18,20-23,26-28H,10-16H2,1-6H3/b9-7+/t18-,20?,21+,22+,23-,25-/m0/s1. The zero-order valence-electron chi connectivity index (χ0n) is 19.0. The molecule has 0 amide bonds. The molecule has 3 heteroatoms. The second kappa shape index (κ2) is 9.45. The number of hydrogen-bond acceptors (Lipinski definition) is 3. The van der Waals surface area contributed by atoms with E-state index in [-0.39, 0.29) is 16.9 Å². The van der Waals surface area contributed by atoms with E-state index in [1.807, 2.05) is 0 Å².